The SMILES string of the molecule is c1cnc2ccc(NC3CNC3)cc2c1. The van der Waals surface area contributed by atoms with Gasteiger partial charge in [0.25, 0.3) is 0 Å². The van der Waals surface area contributed by atoms with Crippen LogP contribution >= 0.6 is 0 Å². The van der Waals surface area contributed by atoms with E-state index >= 15 is 0 Å². The molecule has 15 heavy (non-hydrogen) atoms. The van der Waals surface area contributed by atoms with Gasteiger partial charge < -0.3 is 10.6 Å². The van der Waals surface area contributed by atoms with E-state index in [4.69, 9.17) is 0 Å². The van der Waals surface area contributed by atoms with Crippen molar-refractivity contribution in [3.8, 4) is 0 Å². The number of fused-ring (bicyclic) bond motifs is 1. The summed E-state index contributed by atoms with van der Waals surface area (Å²) in [5.74, 6) is 0. The molecule has 0 saturated carbocycles. The molecule has 3 nitrogen and oxygen atoms in total. The molecule has 1 saturated heterocycles. The molecule has 1 aliphatic heterocycles. The molecule has 0 bridgehead atoms. The summed E-state index contributed by atoms with van der Waals surface area (Å²) < 4.78 is 0. The lowest BCUT2D eigenvalue weighted by Gasteiger charge is -2.29. The van der Waals surface area contributed by atoms with Crippen molar-refractivity contribution < 1.29 is 0 Å². The first-order valence-electron chi connectivity index (χ1n) is 5.24. The van der Waals surface area contributed by atoms with Gasteiger partial charge in [0.1, 0.15) is 0 Å². The van der Waals surface area contributed by atoms with Crippen LogP contribution in [0, 0.1) is 0 Å². The summed E-state index contributed by atoms with van der Waals surface area (Å²) in [5.41, 5.74) is 2.23. The Morgan fingerprint density at radius 1 is 1.27 bits per heavy atom. The van der Waals surface area contributed by atoms with E-state index in [1.165, 1.54) is 11.1 Å². The molecule has 3 heteroatoms. The molecular formula is C12H13N3. The third-order valence-corrected chi connectivity index (χ3v) is 2.76. The van der Waals surface area contributed by atoms with Crippen LogP contribution in [0.25, 0.3) is 10.9 Å². The summed E-state index contributed by atoms with van der Waals surface area (Å²) in [6, 6.07) is 10.9. The second-order valence-electron chi connectivity index (χ2n) is 3.91. The highest BCUT2D eigenvalue weighted by Crippen LogP contribution is 2.18. The molecule has 0 amide bonds. The zero-order valence-electron chi connectivity index (χ0n) is 8.40. The van der Waals surface area contributed by atoms with E-state index in [-0.39, 0.29) is 0 Å². The van der Waals surface area contributed by atoms with Crippen LogP contribution in [0.2, 0.25) is 0 Å². The third kappa shape index (κ3) is 1.66. The number of rotatable bonds is 2. The van der Waals surface area contributed by atoms with Crippen LogP contribution in [0.5, 0.6) is 0 Å². The van der Waals surface area contributed by atoms with Crippen LogP contribution in [-0.2, 0) is 0 Å². The molecule has 0 atom stereocenters. The summed E-state index contributed by atoms with van der Waals surface area (Å²) in [6.07, 6.45) is 1.82. The zero-order valence-corrected chi connectivity index (χ0v) is 8.40. The molecule has 0 aliphatic carbocycles. The van der Waals surface area contributed by atoms with Gasteiger partial charge in [-0.1, -0.05) is 6.07 Å². The number of hydrogen-bond acceptors (Lipinski definition) is 3. The summed E-state index contributed by atoms with van der Waals surface area (Å²) in [4.78, 5) is 4.30. The summed E-state index contributed by atoms with van der Waals surface area (Å²) in [7, 11) is 0. The molecule has 2 aromatic rings. The summed E-state index contributed by atoms with van der Waals surface area (Å²) >= 11 is 0. The van der Waals surface area contributed by atoms with Gasteiger partial charge >= 0.3 is 0 Å². The van der Waals surface area contributed by atoms with Crippen molar-refractivity contribution >= 4 is 16.6 Å². The first-order chi connectivity index (χ1) is 7.42. The molecule has 1 aromatic heterocycles. The zero-order chi connectivity index (χ0) is 10.1. The van der Waals surface area contributed by atoms with Gasteiger partial charge in [0.15, 0.2) is 0 Å². The summed E-state index contributed by atoms with van der Waals surface area (Å²) in [5, 5.41) is 7.91. The number of aromatic nitrogens is 1. The van der Waals surface area contributed by atoms with E-state index in [1.807, 2.05) is 12.3 Å². The van der Waals surface area contributed by atoms with Crippen molar-refractivity contribution in [3.63, 3.8) is 0 Å². The Hall–Kier alpha value is -1.61. The minimum absolute atomic E-state index is 0.583. The average Bonchev–Trinajstić information content (AvgIpc) is 2.23. The fraction of sp³-hybridized carbons (Fsp3) is 0.250. The Bertz CT molecular complexity index is 477. The van der Waals surface area contributed by atoms with Gasteiger partial charge in [-0.05, 0) is 24.3 Å². The number of nitrogens with zero attached hydrogens (tertiary/aromatic N) is 1. The van der Waals surface area contributed by atoms with Gasteiger partial charge in [0.05, 0.1) is 11.6 Å². The molecular weight excluding hydrogens is 186 g/mol. The Morgan fingerprint density at radius 3 is 3.00 bits per heavy atom. The van der Waals surface area contributed by atoms with Gasteiger partial charge in [0.2, 0.25) is 0 Å². The monoisotopic (exact) mass is 199 g/mol. The van der Waals surface area contributed by atoms with E-state index in [1.54, 1.807) is 0 Å². The van der Waals surface area contributed by atoms with Gasteiger partial charge in [-0.3, -0.25) is 4.98 Å². The van der Waals surface area contributed by atoms with Gasteiger partial charge in [0, 0.05) is 30.4 Å². The topological polar surface area (TPSA) is 37.0 Å². The van der Waals surface area contributed by atoms with Gasteiger partial charge in [-0.25, -0.2) is 0 Å². The number of nitrogens with one attached hydrogen (secondary N) is 2. The van der Waals surface area contributed by atoms with Crippen molar-refractivity contribution in [1.29, 1.82) is 0 Å². The molecule has 1 aromatic carbocycles. The number of pyridine rings is 1. The van der Waals surface area contributed by atoms with Crippen molar-refractivity contribution in [2.24, 2.45) is 0 Å². The van der Waals surface area contributed by atoms with Gasteiger partial charge in [-0.15, -0.1) is 0 Å². The second kappa shape index (κ2) is 3.51. The van der Waals surface area contributed by atoms with Crippen molar-refractivity contribution in [2.75, 3.05) is 18.4 Å². The molecule has 76 valence electrons. The summed E-state index contributed by atoms with van der Waals surface area (Å²) in [6.45, 7) is 2.12. The van der Waals surface area contributed by atoms with Crippen molar-refractivity contribution in [2.45, 2.75) is 6.04 Å². The minimum Gasteiger partial charge on any atom is -0.380 e. The maximum absolute atomic E-state index is 4.30. The van der Waals surface area contributed by atoms with Crippen LogP contribution in [0.1, 0.15) is 0 Å². The van der Waals surface area contributed by atoms with Crippen LogP contribution in [-0.4, -0.2) is 24.1 Å². The highest BCUT2D eigenvalue weighted by molar-refractivity contribution is 5.82. The fourth-order valence-corrected chi connectivity index (χ4v) is 1.79. The predicted octanol–water partition coefficient (Wildman–Crippen LogP) is 1.62. The number of benzene rings is 1. The second-order valence-corrected chi connectivity index (χ2v) is 3.91. The molecule has 3 rings (SSSR count). The largest absolute Gasteiger partial charge is 0.380 e. The van der Waals surface area contributed by atoms with Crippen molar-refractivity contribution in [1.82, 2.24) is 10.3 Å². The van der Waals surface area contributed by atoms with E-state index in [0.717, 1.165) is 18.6 Å². The first-order valence-corrected chi connectivity index (χ1v) is 5.24. The van der Waals surface area contributed by atoms with Crippen LogP contribution in [0.15, 0.2) is 36.5 Å². The molecule has 1 fully saturated rings. The van der Waals surface area contributed by atoms with E-state index in [0.29, 0.717) is 6.04 Å². The molecule has 0 radical (unpaired) electrons. The normalized spacial score (nSPS) is 16.3. The maximum Gasteiger partial charge on any atom is 0.0703 e. The smallest absolute Gasteiger partial charge is 0.0703 e. The minimum atomic E-state index is 0.583. The molecule has 1 aliphatic rings. The molecule has 2 heterocycles. The highest BCUT2D eigenvalue weighted by atomic mass is 15.1. The average molecular weight is 199 g/mol. The fourth-order valence-electron chi connectivity index (χ4n) is 1.79. The maximum atomic E-state index is 4.30. The number of anilines is 1. The molecule has 2 N–H and O–H groups in total. The Labute approximate surface area is 88.5 Å². The van der Waals surface area contributed by atoms with Crippen molar-refractivity contribution in [3.05, 3.63) is 36.5 Å². The predicted molar refractivity (Wildman–Crippen MR) is 62.0 cm³/mol. The van der Waals surface area contributed by atoms with Crippen LogP contribution in [0.3, 0.4) is 0 Å². The lowest BCUT2D eigenvalue weighted by Crippen LogP contribution is -2.51. The molecule has 0 spiro atoms. The lowest BCUT2D eigenvalue weighted by molar-refractivity contribution is 0.472. The Balaban J connectivity index is 1.91. The lowest BCUT2D eigenvalue weighted by atomic mass is 10.1. The van der Waals surface area contributed by atoms with E-state index in [2.05, 4.69) is 39.9 Å². The van der Waals surface area contributed by atoms with Crippen LogP contribution < -0.4 is 10.6 Å². The van der Waals surface area contributed by atoms with Crippen LogP contribution in [0.4, 0.5) is 5.69 Å². The quantitative estimate of drug-likeness (QED) is 0.771. The third-order valence-electron chi connectivity index (χ3n) is 2.76. The van der Waals surface area contributed by atoms with Gasteiger partial charge in [-0.2, -0.15) is 0 Å². The number of hydrogen-bond donors (Lipinski definition) is 2. The Kier molecular flexibility index (Phi) is 2.03. The van der Waals surface area contributed by atoms with E-state index in [9.17, 15) is 0 Å². The Morgan fingerprint density at radius 2 is 2.20 bits per heavy atom. The highest BCUT2D eigenvalue weighted by Gasteiger charge is 2.15. The first kappa shape index (κ1) is 8.68. The standard InChI is InChI=1S/C12H13N3/c1-2-9-6-10(15-11-7-13-8-11)3-4-12(9)14-5-1/h1-6,11,13,15H,7-8H2. The molecule has 0 unspecified atom stereocenters. The van der Waals surface area contributed by atoms with E-state index < -0.39 is 0 Å².